The van der Waals surface area contributed by atoms with E-state index in [-0.39, 0.29) is 6.09 Å². The molecule has 1 fully saturated rings. The molecule has 1 aliphatic heterocycles. The molecule has 1 unspecified atom stereocenters. The average molecular weight is 395 g/mol. The van der Waals surface area contributed by atoms with Crippen molar-refractivity contribution in [3.05, 3.63) is 29.8 Å². The van der Waals surface area contributed by atoms with Crippen LogP contribution in [-0.2, 0) is 22.1 Å². The zero-order valence-corrected chi connectivity index (χ0v) is 17.9. The number of hydrogen-bond donors (Lipinski definition) is 1. The van der Waals surface area contributed by atoms with Crippen molar-refractivity contribution in [1.82, 2.24) is 10.2 Å². The first-order chi connectivity index (χ1) is 12.7. The average Bonchev–Trinajstić information content (AvgIpc) is 2.61. The Labute approximate surface area is 166 Å². The van der Waals surface area contributed by atoms with Gasteiger partial charge in [-0.15, -0.1) is 0 Å². The first-order valence-corrected chi connectivity index (χ1v) is 11.4. The molecule has 1 saturated heterocycles. The maximum Gasteiger partial charge on any atom is 0.410 e. The quantitative estimate of drug-likeness (QED) is 0.712. The Morgan fingerprint density at radius 3 is 2.41 bits per heavy atom. The van der Waals surface area contributed by atoms with Crippen LogP contribution in [0.5, 0.6) is 0 Å². The number of likely N-dealkylation sites (tertiary alicyclic amines) is 1. The van der Waals surface area contributed by atoms with Crippen LogP contribution in [0.15, 0.2) is 29.2 Å². The first kappa shape index (κ1) is 21.9. The van der Waals surface area contributed by atoms with Gasteiger partial charge >= 0.3 is 6.09 Å². The van der Waals surface area contributed by atoms with Crippen molar-refractivity contribution in [3.8, 4) is 0 Å². The summed E-state index contributed by atoms with van der Waals surface area (Å²) in [6, 6.07) is 7.95. The number of benzene rings is 1. The van der Waals surface area contributed by atoms with Crippen molar-refractivity contribution in [2.24, 2.45) is 5.92 Å². The van der Waals surface area contributed by atoms with Crippen LogP contribution in [0.1, 0.15) is 52.0 Å². The van der Waals surface area contributed by atoms with Crippen molar-refractivity contribution in [3.63, 3.8) is 0 Å². The number of carbonyl (C=O) groups is 1. The van der Waals surface area contributed by atoms with Crippen molar-refractivity contribution in [2.45, 2.75) is 63.5 Å². The molecule has 1 aliphatic rings. The highest BCUT2D eigenvalue weighted by Crippen LogP contribution is 2.23. The molecule has 152 valence electrons. The van der Waals surface area contributed by atoms with Gasteiger partial charge in [-0.2, -0.15) is 0 Å². The van der Waals surface area contributed by atoms with E-state index in [1.165, 1.54) is 12.0 Å². The van der Waals surface area contributed by atoms with Gasteiger partial charge < -0.3 is 15.0 Å². The second-order valence-electron chi connectivity index (χ2n) is 8.33. The van der Waals surface area contributed by atoms with E-state index in [4.69, 9.17) is 4.74 Å². The van der Waals surface area contributed by atoms with Gasteiger partial charge in [0.25, 0.3) is 0 Å². The minimum absolute atomic E-state index is 0.180. The van der Waals surface area contributed by atoms with Gasteiger partial charge in [-0.3, -0.25) is 4.21 Å². The molecule has 0 saturated carbocycles. The Morgan fingerprint density at radius 2 is 1.85 bits per heavy atom. The van der Waals surface area contributed by atoms with E-state index in [0.29, 0.717) is 5.92 Å². The van der Waals surface area contributed by atoms with Gasteiger partial charge in [-0.1, -0.05) is 12.1 Å². The standard InChI is InChI=1S/C21H34N2O3S/c1-21(2,3)26-20(24)23-14-11-17(12-15-23)6-5-13-22-16-18-7-9-19(10-8-18)27(4)25/h7-10,17,22H,5-6,11-16H2,1-4H3. The summed E-state index contributed by atoms with van der Waals surface area (Å²) in [5.41, 5.74) is 0.794. The van der Waals surface area contributed by atoms with Crippen LogP contribution in [0, 0.1) is 5.92 Å². The van der Waals surface area contributed by atoms with Crippen LogP contribution in [0.2, 0.25) is 0 Å². The van der Waals surface area contributed by atoms with Crippen LogP contribution in [0.25, 0.3) is 0 Å². The molecule has 0 aliphatic carbocycles. The van der Waals surface area contributed by atoms with Gasteiger partial charge in [-0.05, 0) is 76.6 Å². The highest BCUT2D eigenvalue weighted by molar-refractivity contribution is 7.84. The lowest BCUT2D eigenvalue weighted by atomic mass is 9.92. The lowest BCUT2D eigenvalue weighted by Crippen LogP contribution is -2.41. The summed E-state index contributed by atoms with van der Waals surface area (Å²) < 4.78 is 16.8. The first-order valence-electron chi connectivity index (χ1n) is 9.85. The van der Waals surface area contributed by atoms with Crippen LogP contribution in [-0.4, -0.2) is 46.7 Å². The zero-order chi connectivity index (χ0) is 19.9. The molecule has 1 heterocycles. The van der Waals surface area contributed by atoms with E-state index in [1.807, 2.05) is 49.9 Å². The molecule has 6 heteroatoms. The Kier molecular flexibility index (Phi) is 8.29. The minimum atomic E-state index is -0.913. The van der Waals surface area contributed by atoms with E-state index in [2.05, 4.69) is 5.32 Å². The normalized spacial score (nSPS) is 17.0. The fraction of sp³-hybridized carbons (Fsp3) is 0.667. The number of nitrogens with zero attached hydrogens (tertiary/aromatic N) is 1. The summed E-state index contributed by atoms with van der Waals surface area (Å²) in [6.07, 6.45) is 5.99. The number of rotatable bonds is 7. The predicted octanol–water partition coefficient (Wildman–Crippen LogP) is 3.94. The number of ether oxygens (including phenoxy) is 1. The second-order valence-corrected chi connectivity index (χ2v) is 9.71. The Balaban J connectivity index is 1.58. The van der Waals surface area contributed by atoms with Crippen LogP contribution >= 0.6 is 0 Å². The molecule has 1 atom stereocenters. The third kappa shape index (κ3) is 8.01. The summed E-state index contributed by atoms with van der Waals surface area (Å²) in [7, 11) is -0.913. The lowest BCUT2D eigenvalue weighted by Gasteiger charge is -2.33. The molecule has 1 aromatic carbocycles. The predicted molar refractivity (Wildman–Crippen MR) is 110 cm³/mol. The van der Waals surface area contributed by atoms with Gasteiger partial charge in [-0.25, -0.2) is 4.79 Å². The van der Waals surface area contributed by atoms with Gasteiger partial charge in [0.2, 0.25) is 0 Å². The third-order valence-corrected chi connectivity index (χ3v) is 5.75. The van der Waals surface area contributed by atoms with Gasteiger partial charge in [0.05, 0.1) is 0 Å². The topological polar surface area (TPSA) is 58.6 Å². The SMILES string of the molecule is CS(=O)c1ccc(CNCCCC2CCN(C(=O)OC(C)(C)C)CC2)cc1. The fourth-order valence-electron chi connectivity index (χ4n) is 3.28. The highest BCUT2D eigenvalue weighted by atomic mass is 32.2. The molecule has 27 heavy (non-hydrogen) atoms. The largest absolute Gasteiger partial charge is 0.444 e. The van der Waals surface area contributed by atoms with Crippen LogP contribution < -0.4 is 5.32 Å². The van der Waals surface area contributed by atoms with Crippen molar-refractivity contribution in [2.75, 3.05) is 25.9 Å². The van der Waals surface area contributed by atoms with Crippen molar-refractivity contribution >= 4 is 16.9 Å². The monoisotopic (exact) mass is 394 g/mol. The molecule has 0 spiro atoms. The number of hydrogen-bond acceptors (Lipinski definition) is 4. The molecule has 1 N–H and O–H groups in total. The summed E-state index contributed by atoms with van der Waals surface area (Å²) in [5, 5.41) is 3.48. The van der Waals surface area contributed by atoms with Crippen molar-refractivity contribution in [1.29, 1.82) is 0 Å². The van der Waals surface area contributed by atoms with Gasteiger partial charge in [0.15, 0.2) is 0 Å². The molecule has 1 aromatic rings. The maximum atomic E-state index is 12.1. The summed E-state index contributed by atoms with van der Waals surface area (Å²) in [6.45, 7) is 9.16. The number of piperidine rings is 1. The van der Waals surface area contributed by atoms with E-state index in [1.54, 1.807) is 6.26 Å². The molecule has 5 nitrogen and oxygen atoms in total. The second kappa shape index (κ2) is 10.2. The number of amides is 1. The molecule has 0 radical (unpaired) electrons. The maximum absolute atomic E-state index is 12.1. The van der Waals surface area contributed by atoms with Crippen molar-refractivity contribution < 1.29 is 13.7 Å². The smallest absolute Gasteiger partial charge is 0.410 e. The van der Waals surface area contributed by atoms with E-state index >= 15 is 0 Å². The van der Waals surface area contributed by atoms with Gasteiger partial charge in [0, 0.05) is 41.6 Å². The summed E-state index contributed by atoms with van der Waals surface area (Å²) in [5.74, 6) is 0.698. The Morgan fingerprint density at radius 1 is 1.22 bits per heavy atom. The number of nitrogens with one attached hydrogen (secondary N) is 1. The minimum Gasteiger partial charge on any atom is -0.444 e. The highest BCUT2D eigenvalue weighted by Gasteiger charge is 2.26. The molecular formula is C21H34N2O3S. The molecular weight excluding hydrogens is 360 g/mol. The molecule has 0 bridgehead atoms. The van der Waals surface area contributed by atoms with E-state index in [9.17, 15) is 9.00 Å². The Hall–Kier alpha value is -1.40. The molecule has 1 amide bonds. The number of carbonyl (C=O) groups excluding carboxylic acids is 1. The molecule has 2 rings (SSSR count). The third-order valence-electron chi connectivity index (χ3n) is 4.82. The summed E-state index contributed by atoms with van der Waals surface area (Å²) in [4.78, 5) is 14.8. The Bertz CT molecular complexity index is 617. The molecule has 0 aromatic heterocycles. The van der Waals surface area contributed by atoms with Crippen LogP contribution in [0.3, 0.4) is 0 Å². The van der Waals surface area contributed by atoms with Crippen LogP contribution in [0.4, 0.5) is 4.79 Å². The zero-order valence-electron chi connectivity index (χ0n) is 17.1. The fourth-order valence-corrected chi connectivity index (χ4v) is 3.80. The lowest BCUT2D eigenvalue weighted by molar-refractivity contribution is 0.0180. The van der Waals surface area contributed by atoms with Gasteiger partial charge in [0.1, 0.15) is 5.60 Å². The van der Waals surface area contributed by atoms with E-state index in [0.717, 1.165) is 50.3 Å². The summed E-state index contributed by atoms with van der Waals surface area (Å²) >= 11 is 0. The van der Waals surface area contributed by atoms with E-state index < -0.39 is 16.4 Å².